The van der Waals surface area contributed by atoms with E-state index in [9.17, 15) is 30.3 Å². The summed E-state index contributed by atoms with van der Waals surface area (Å²) < 4.78 is 11.1. The first-order valence-electron chi connectivity index (χ1n) is 24.1. The van der Waals surface area contributed by atoms with Crippen LogP contribution in [0.4, 0.5) is 0 Å². The Bertz CT molecular complexity index is 945. The molecule has 9 nitrogen and oxygen atoms in total. The molecule has 0 aromatic rings. The lowest BCUT2D eigenvalue weighted by atomic mass is 9.99. The minimum absolute atomic E-state index is 0.200. The minimum Gasteiger partial charge on any atom is -0.394 e. The summed E-state index contributed by atoms with van der Waals surface area (Å²) >= 11 is 0. The van der Waals surface area contributed by atoms with Gasteiger partial charge in [0.1, 0.15) is 24.4 Å². The Labute approximate surface area is 349 Å². The molecule has 7 atom stereocenters. The van der Waals surface area contributed by atoms with Crippen molar-refractivity contribution in [1.82, 2.24) is 5.32 Å². The Morgan fingerprint density at radius 2 is 1.00 bits per heavy atom. The summed E-state index contributed by atoms with van der Waals surface area (Å²) in [5.41, 5.74) is 0. The standard InChI is InChI=1S/C48H91NO8/c1-3-5-7-9-10-11-12-13-14-15-16-17-18-19-20-21-22-23-24-25-26-27-28-29-30-31-32-33-34-35-37-42(51)41(49-44(52)38-36-8-6-4-2)40-56-48-47(55)46(54)45(53)43(39-50)57-48/h31-32,35,37,41-43,45-48,50-51,53-55H,3-30,33-34,36,38-40H2,1-2H3,(H,49,52)/b32-31+,37-35+. The molecule has 0 aromatic heterocycles. The van der Waals surface area contributed by atoms with E-state index in [2.05, 4.69) is 31.3 Å². The first kappa shape index (κ1) is 53.7. The SMILES string of the molecule is CCCCCCCCCCCCCCCCCCCCCCCCCC/C=C/CC/C=C/C(O)C(COC1OC(CO)C(O)C(O)C1O)NC(=O)CCCCCC. The molecule has 0 aliphatic carbocycles. The first-order valence-corrected chi connectivity index (χ1v) is 24.1. The number of aliphatic hydroxyl groups is 5. The normalized spacial score (nSPS) is 21.1. The van der Waals surface area contributed by atoms with Crippen LogP contribution in [0.15, 0.2) is 24.3 Å². The Kier molecular flexibility index (Phi) is 36.6. The molecule has 1 rings (SSSR count). The Morgan fingerprint density at radius 1 is 0.579 bits per heavy atom. The highest BCUT2D eigenvalue weighted by atomic mass is 16.7. The van der Waals surface area contributed by atoms with Gasteiger partial charge in [-0.05, 0) is 32.1 Å². The quantitative estimate of drug-likeness (QED) is 0.0265. The van der Waals surface area contributed by atoms with Gasteiger partial charge in [0.15, 0.2) is 6.29 Å². The van der Waals surface area contributed by atoms with E-state index in [4.69, 9.17) is 9.47 Å². The molecule has 0 saturated carbocycles. The average molecular weight is 810 g/mol. The Balaban J connectivity index is 2.09. The van der Waals surface area contributed by atoms with Crippen LogP contribution in [0.25, 0.3) is 0 Å². The molecule has 6 N–H and O–H groups in total. The van der Waals surface area contributed by atoms with E-state index in [1.807, 2.05) is 6.08 Å². The number of carbonyl (C=O) groups excluding carboxylic acids is 1. The van der Waals surface area contributed by atoms with Gasteiger partial charge in [-0.25, -0.2) is 0 Å². The molecule has 336 valence electrons. The summed E-state index contributed by atoms with van der Waals surface area (Å²) in [5.74, 6) is -0.204. The monoisotopic (exact) mass is 810 g/mol. The van der Waals surface area contributed by atoms with Crippen LogP contribution in [0, 0.1) is 0 Å². The zero-order valence-electron chi connectivity index (χ0n) is 36.9. The molecule has 7 unspecified atom stereocenters. The Hall–Kier alpha value is -1.33. The van der Waals surface area contributed by atoms with Gasteiger partial charge in [0.25, 0.3) is 0 Å². The molecular weight excluding hydrogens is 719 g/mol. The number of amides is 1. The van der Waals surface area contributed by atoms with Gasteiger partial charge in [-0.2, -0.15) is 0 Å². The van der Waals surface area contributed by atoms with Crippen LogP contribution in [0.5, 0.6) is 0 Å². The number of ether oxygens (including phenoxy) is 2. The molecule has 0 bridgehead atoms. The highest BCUT2D eigenvalue weighted by molar-refractivity contribution is 5.76. The zero-order chi connectivity index (χ0) is 41.6. The molecular formula is C48H91NO8. The van der Waals surface area contributed by atoms with Crippen molar-refractivity contribution < 1.29 is 39.8 Å². The van der Waals surface area contributed by atoms with Crippen LogP contribution in [0.3, 0.4) is 0 Å². The van der Waals surface area contributed by atoms with Gasteiger partial charge >= 0.3 is 0 Å². The van der Waals surface area contributed by atoms with Crippen molar-refractivity contribution in [2.45, 2.75) is 262 Å². The van der Waals surface area contributed by atoms with Crippen LogP contribution >= 0.6 is 0 Å². The van der Waals surface area contributed by atoms with Crippen LogP contribution in [0.1, 0.15) is 219 Å². The maximum atomic E-state index is 12.6. The van der Waals surface area contributed by atoms with Gasteiger partial charge in [0.05, 0.1) is 25.4 Å². The van der Waals surface area contributed by atoms with Gasteiger partial charge in [-0.15, -0.1) is 0 Å². The zero-order valence-corrected chi connectivity index (χ0v) is 36.9. The third kappa shape index (κ3) is 29.5. The molecule has 1 fully saturated rings. The number of aliphatic hydroxyl groups excluding tert-OH is 5. The number of nitrogens with one attached hydrogen (secondary N) is 1. The van der Waals surface area contributed by atoms with Crippen LogP contribution in [0.2, 0.25) is 0 Å². The van der Waals surface area contributed by atoms with Gasteiger partial charge in [-0.3, -0.25) is 4.79 Å². The topological polar surface area (TPSA) is 149 Å². The number of carbonyl (C=O) groups is 1. The summed E-state index contributed by atoms with van der Waals surface area (Å²) in [6.45, 7) is 3.63. The van der Waals surface area contributed by atoms with E-state index in [1.54, 1.807) is 6.08 Å². The number of unbranched alkanes of at least 4 members (excludes halogenated alkanes) is 28. The molecule has 1 aliphatic heterocycles. The summed E-state index contributed by atoms with van der Waals surface area (Å²) in [6, 6.07) is -0.813. The summed E-state index contributed by atoms with van der Waals surface area (Å²) in [6.07, 6.45) is 40.4. The molecule has 57 heavy (non-hydrogen) atoms. The second-order valence-electron chi connectivity index (χ2n) is 16.9. The van der Waals surface area contributed by atoms with Gasteiger partial charge in [0.2, 0.25) is 5.91 Å². The maximum Gasteiger partial charge on any atom is 0.220 e. The molecule has 1 saturated heterocycles. The van der Waals surface area contributed by atoms with Crippen molar-refractivity contribution in [2.75, 3.05) is 13.2 Å². The van der Waals surface area contributed by atoms with Crippen LogP contribution < -0.4 is 5.32 Å². The van der Waals surface area contributed by atoms with Crippen LogP contribution in [-0.4, -0.2) is 87.5 Å². The van der Waals surface area contributed by atoms with E-state index >= 15 is 0 Å². The fourth-order valence-electron chi connectivity index (χ4n) is 7.64. The number of allylic oxidation sites excluding steroid dienone is 3. The molecule has 1 amide bonds. The van der Waals surface area contributed by atoms with Gasteiger partial charge < -0.3 is 40.3 Å². The molecule has 1 aliphatic rings. The molecule has 1 heterocycles. The second-order valence-corrected chi connectivity index (χ2v) is 16.9. The van der Waals surface area contributed by atoms with E-state index in [0.29, 0.717) is 6.42 Å². The van der Waals surface area contributed by atoms with E-state index in [0.717, 1.165) is 44.9 Å². The highest BCUT2D eigenvalue weighted by Gasteiger charge is 2.44. The molecule has 9 heteroatoms. The van der Waals surface area contributed by atoms with Crippen molar-refractivity contribution in [3.8, 4) is 0 Å². The lowest BCUT2D eigenvalue weighted by molar-refractivity contribution is -0.302. The lowest BCUT2D eigenvalue weighted by Gasteiger charge is -2.40. The van der Waals surface area contributed by atoms with E-state index < -0.39 is 49.5 Å². The summed E-state index contributed by atoms with van der Waals surface area (Å²) in [7, 11) is 0. The lowest BCUT2D eigenvalue weighted by Crippen LogP contribution is -2.60. The maximum absolute atomic E-state index is 12.6. The van der Waals surface area contributed by atoms with Gasteiger partial charge in [-0.1, -0.05) is 205 Å². The van der Waals surface area contributed by atoms with Crippen molar-refractivity contribution in [3.05, 3.63) is 24.3 Å². The Morgan fingerprint density at radius 3 is 1.47 bits per heavy atom. The van der Waals surface area contributed by atoms with Gasteiger partial charge in [0, 0.05) is 6.42 Å². The minimum atomic E-state index is -1.57. The smallest absolute Gasteiger partial charge is 0.220 e. The van der Waals surface area contributed by atoms with E-state index in [-0.39, 0.29) is 12.5 Å². The molecule has 0 spiro atoms. The van der Waals surface area contributed by atoms with Crippen molar-refractivity contribution in [1.29, 1.82) is 0 Å². The second kappa shape index (κ2) is 38.8. The number of hydrogen-bond donors (Lipinski definition) is 6. The number of hydrogen-bond acceptors (Lipinski definition) is 8. The fourth-order valence-corrected chi connectivity index (χ4v) is 7.64. The average Bonchev–Trinajstić information content (AvgIpc) is 3.21. The molecule has 0 aromatic carbocycles. The van der Waals surface area contributed by atoms with Crippen molar-refractivity contribution in [2.24, 2.45) is 0 Å². The number of rotatable bonds is 40. The third-order valence-electron chi connectivity index (χ3n) is 11.5. The third-order valence-corrected chi connectivity index (χ3v) is 11.5. The fraction of sp³-hybridized carbons (Fsp3) is 0.896. The van der Waals surface area contributed by atoms with Crippen molar-refractivity contribution in [3.63, 3.8) is 0 Å². The van der Waals surface area contributed by atoms with Crippen LogP contribution in [-0.2, 0) is 14.3 Å². The predicted octanol–water partition coefficient (Wildman–Crippen LogP) is 10.3. The van der Waals surface area contributed by atoms with Crippen molar-refractivity contribution >= 4 is 5.91 Å². The first-order chi connectivity index (χ1) is 27.8. The largest absolute Gasteiger partial charge is 0.394 e. The van der Waals surface area contributed by atoms with E-state index in [1.165, 1.54) is 154 Å². The highest BCUT2D eigenvalue weighted by Crippen LogP contribution is 2.23. The summed E-state index contributed by atoms with van der Waals surface area (Å²) in [4.78, 5) is 12.6. The molecule has 0 radical (unpaired) electrons. The summed E-state index contributed by atoms with van der Waals surface area (Å²) in [5, 5.41) is 53.7. The predicted molar refractivity (Wildman–Crippen MR) is 235 cm³/mol.